The summed E-state index contributed by atoms with van der Waals surface area (Å²) in [6.07, 6.45) is 4.47. The molecule has 0 aliphatic heterocycles. The topological polar surface area (TPSA) is 118 Å². The zero-order chi connectivity index (χ0) is 32.7. The number of rotatable bonds is 11. The first-order chi connectivity index (χ1) is 22.1. The van der Waals surface area contributed by atoms with Crippen LogP contribution in [0.2, 0.25) is 4.34 Å². The van der Waals surface area contributed by atoms with E-state index in [9.17, 15) is 18.0 Å². The van der Waals surface area contributed by atoms with Gasteiger partial charge in [-0.3, -0.25) is 14.8 Å². The fourth-order valence-electron chi connectivity index (χ4n) is 6.01. The molecule has 0 bridgehead atoms. The Labute approximate surface area is 279 Å². The third kappa shape index (κ3) is 8.65. The zero-order valence-corrected chi connectivity index (χ0v) is 28.1. The van der Waals surface area contributed by atoms with Crippen LogP contribution in [0.15, 0.2) is 84.9 Å². The molecule has 4 aromatic rings. The molecule has 2 amide bonds. The lowest BCUT2D eigenvalue weighted by atomic mass is 9.84. The Hall–Kier alpha value is -3.93. The number of methoxy groups -OCH3 is 1. The number of amides is 2. The van der Waals surface area contributed by atoms with Gasteiger partial charge in [0.2, 0.25) is 10.0 Å². The van der Waals surface area contributed by atoms with Crippen molar-refractivity contribution >= 4 is 55.8 Å². The highest BCUT2D eigenvalue weighted by molar-refractivity contribution is 7.92. The van der Waals surface area contributed by atoms with Crippen LogP contribution in [0, 0.1) is 5.92 Å². The van der Waals surface area contributed by atoms with Crippen LogP contribution in [0.25, 0.3) is 11.3 Å². The molecule has 9 nitrogen and oxygen atoms in total. The molecule has 12 heteroatoms. The SMILES string of the molecule is COC(=O)C1CCC(N(CCC(c2ccccc2)c2ccccc2)C(=O)Nc2nc(-c3ccc(NS(C)(=O)=O)cc3)c(Cl)s2)CC1. The first kappa shape index (κ1) is 33.4. The van der Waals surface area contributed by atoms with E-state index >= 15 is 0 Å². The van der Waals surface area contributed by atoms with Crippen LogP contribution in [0.4, 0.5) is 15.6 Å². The van der Waals surface area contributed by atoms with E-state index in [-0.39, 0.29) is 29.9 Å². The summed E-state index contributed by atoms with van der Waals surface area (Å²) < 4.78 is 31.0. The van der Waals surface area contributed by atoms with Gasteiger partial charge in [-0.1, -0.05) is 95.7 Å². The lowest BCUT2D eigenvalue weighted by Crippen LogP contribution is -2.46. The number of nitrogens with one attached hydrogen (secondary N) is 2. The van der Waals surface area contributed by atoms with Crippen LogP contribution >= 0.6 is 22.9 Å². The Balaban J connectivity index is 1.36. The van der Waals surface area contributed by atoms with E-state index < -0.39 is 10.0 Å². The minimum absolute atomic E-state index is 0.0575. The number of carbonyl (C=O) groups excluding carboxylic acids is 2. The number of hydrogen-bond acceptors (Lipinski definition) is 7. The minimum atomic E-state index is -3.41. The number of esters is 1. The molecule has 3 aromatic carbocycles. The summed E-state index contributed by atoms with van der Waals surface area (Å²) in [6, 6.07) is 27.0. The molecule has 1 fully saturated rings. The summed E-state index contributed by atoms with van der Waals surface area (Å²) in [6.45, 7) is 0.495. The Morgan fingerprint density at radius 3 is 2.09 bits per heavy atom. The van der Waals surface area contributed by atoms with E-state index in [4.69, 9.17) is 16.3 Å². The molecule has 5 rings (SSSR count). The fourth-order valence-corrected chi connectivity index (χ4v) is 7.65. The maximum absolute atomic E-state index is 14.0. The second-order valence-corrected chi connectivity index (χ2v) is 14.8. The Morgan fingerprint density at radius 2 is 1.54 bits per heavy atom. The zero-order valence-electron chi connectivity index (χ0n) is 25.7. The molecule has 1 aliphatic carbocycles. The van der Waals surface area contributed by atoms with E-state index in [0.29, 0.717) is 65.1 Å². The van der Waals surface area contributed by atoms with Gasteiger partial charge in [0.15, 0.2) is 5.13 Å². The van der Waals surface area contributed by atoms with Gasteiger partial charge >= 0.3 is 12.0 Å². The van der Waals surface area contributed by atoms with E-state index in [1.54, 1.807) is 24.3 Å². The third-order valence-electron chi connectivity index (χ3n) is 8.26. The summed E-state index contributed by atoms with van der Waals surface area (Å²) >= 11 is 7.74. The molecule has 0 unspecified atom stereocenters. The number of carbonyl (C=O) groups is 2. The van der Waals surface area contributed by atoms with Crippen molar-refractivity contribution in [1.29, 1.82) is 0 Å². The van der Waals surface area contributed by atoms with Crippen molar-refractivity contribution in [3.63, 3.8) is 0 Å². The van der Waals surface area contributed by atoms with Crippen molar-refractivity contribution in [2.45, 2.75) is 44.1 Å². The van der Waals surface area contributed by atoms with Gasteiger partial charge in [-0.25, -0.2) is 18.2 Å². The van der Waals surface area contributed by atoms with Crippen molar-refractivity contribution in [2.75, 3.05) is 29.9 Å². The fraction of sp³-hybridized carbons (Fsp3) is 0.324. The largest absolute Gasteiger partial charge is 0.469 e. The molecule has 1 saturated carbocycles. The molecule has 1 heterocycles. The third-order valence-corrected chi connectivity index (χ3v) is 10.0. The van der Waals surface area contributed by atoms with Crippen molar-refractivity contribution in [1.82, 2.24) is 9.88 Å². The van der Waals surface area contributed by atoms with Gasteiger partial charge in [-0.15, -0.1) is 0 Å². The number of urea groups is 1. The average Bonchev–Trinajstić information content (AvgIpc) is 3.42. The first-order valence-corrected chi connectivity index (χ1v) is 18.2. The van der Waals surface area contributed by atoms with Gasteiger partial charge in [0, 0.05) is 29.8 Å². The average molecular weight is 681 g/mol. The molecular formula is C34H37ClN4O5S2. The van der Waals surface area contributed by atoms with Gasteiger partial charge in [0.25, 0.3) is 0 Å². The highest BCUT2D eigenvalue weighted by Gasteiger charge is 2.33. The molecular weight excluding hydrogens is 644 g/mol. The van der Waals surface area contributed by atoms with Crippen LogP contribution in [-0.2, 0) is 19.6 Å². The van der Waals surface area contributed by atoms with E-state index in [1.165, 1.54) is 18.2 Å². The monoisotopic (exact) mass is 680 g/mol. The van der Waals surface area contributed by atoms with Gasteiger partial charge in [-0.05, 0) is 55.4 Å². The van der Waals surface area contributed by atoms with Crippen LogP contribution in [-0.4, -0.2) is 56.3 Å². The number of ether oxygens (including phenoxy) is 1. The van der Waals surface area contributed by atoms with Crippen molar-refractivity contribution in [3.05, 3.63) is 100 Å². The number of hydrogen-bond donors (Lipinski definition) is 2. The van der Waals surface area contributed by atoms with Crippen LogP contribution < -0.4 is 10.0 Å². The first-order valence-electron chi connectivity index (χ1n) is 15.1. The molecule has 0 radical (unpaired) electrons. The van der Waals surface area contributed by atoms with Gasteiger partial charge in [0.1, 0.15) is 10.0 Å². The molecule has 46 heavy (non-hydrogen) atoms. The lowest BCUT2D eigenvalue weighted by Gasteiger charge is -2.37. The van der Waals surface area contributed by atoms with E-state index in [1.807, 2.05) is 41.3 Å². The standard InChI is InChI=1S/C34H37ClN4O5S2/c1-44-32(40)26-15-19-28(20-16-26)39(22-21-29(23-9-5-3-6-10-23)24-11-7-4-8-12-24)34(41)37-33-36-30(31(35)45-33)25-13-17-27(18-14-25)38-46(2,42)43/h3-14,17-18,26,28-29,38H,15-16,19-22H2,1-2H3,(H,36,37,41). The highest BCUT2D eigenvalue weighted by atomic mass is 35.5. The molecule has 0 atom stereocenters. The van der Waals surface area contributed by atoms with Gasteiger partial charge in [-0.2, -0.15) is 0 Å². The molecule has 2 N–H and O–H groups in total. The Morgan fingerprint density at radius 1 is 0.957 bits per heavy atom. The normalized spacial score (nSPS) is 16.5. The molecule has 1 aromatic heterocycles. The Bertz CT molecular complexity index is 1690. The molecule has 1 aliphatic rings. The highest BCUT2D eigenvalue weighted by Crippen LogP contribution is 2.37. The number of halogens is 1. The van der Waals surface area contributed by atoms with Crippen molar-refractivity contribution in [2.24, 2.45) is 5.92 Å². The smallest absolute Gasteiger partial charge is 0.323 e. The quantitative estimate of drug-likeness (QED) is 0.157. The number of anilines is 2. The number of sulfonamides is 1. The van der Waals surface area contributed by atoms with Gasteiger partial charge in [0.05, 0.1) is 19.3 Å². The van der Waals surface area contributed by atoms with Gasteiger partial charge < -0.3 is 9.64 Å². The summed E-state index contributed by atoms with van der Waals surface area (Å²) in [4.78, 5) is 32.7. The summed E-state index contributed by atoms with van der Waals surface area (Å²) in [5, 5.41) is 3.35. The summed E-state index contributed by atoms with van der Waals surface area (Å²) in [5.41, 5.74) is 3.96. The summed E-state index contributed by atoms with van der Waals surface area (Å²) in [7, 11) is -1.99. The molecule has 0 spiro atoms. The maximum Gasteiger partial charge on any atom is 0.323 e. The molecule has 242 valence electrons. The van der Waals surface area contributed by atoms with E-state index in [0.717, 1.165) is 17.6 Å². The van der Waals surface area contributed by atoms with Crippen LogP contribution in [0.5, 0.6) is 0 Å². The second-order valence-electron chi connectivity index (χ2n) is 11.4. The maximum atomic E-state index is 14.0. The predicted molar refractivity (Wildman–Crippen MR) is 184 cm³/mol. The van der Waals surface area contributed by atoms with E-state index in [2.05, 4.69) is 39.3 Å². The minimum Gasteiger partial charge on any atom is -0.469 e. The van der Waals surface area contributed by atoms with Crippen molar-refractivity contribution in [3.8, 4) is 11.3 Å². The Kier molecular flexibility index (Phi) is 11.0. The van der Waals surface area contributed by atoms with Crippen LogP contribution in [0.1, 0.15) is 49.1 Å². The van der Waals surface area contributed by atoms with Crippen LogP contribution in [0.3, 0.4) is 0 Å². The number of benzene rings is 3. The van der Waals surface area contributed by atoms with Crippen molar-refractivity contribution < 1.29 is 22.7 Å². The second kappa shape index (κ2) is 15.1. The summed E-state index contributed by atoms with van der Waals surface area (Å²) in [5.74, 6) is -0.273. The molecule has 0 saturated heterocycles. The number of thiazole rings is 1. The predicted octanol–water partition coefficient (Wildman–Crippen LogP) is 7.62. The number of aromatic nitrogens is 1. The lowest BCUT2D eigenvalue weighted by molar-refractivity contribution is -0.146. The number of nitrogens with zero attached hydrogens (tertiary/aromatic N) is 2.